The third-order valence-corrected chi connectivity index (χ3v) is 6.70. The van der Waals surface area contributed by atoms with Crippen LogP contribution in [0.15, 0.2) is 58.2 Å². The standard InChI is InChI=1S/C22H26N2O3S/c1-4-5-12-24(28(26,27)20-9-6-16(2)7-10-20)15-19-14-18-13-17(3)8-11-21(18)23-22(19)25/h6-11,13-14H,4-5,12,15H2,1-3H3,(H,23,25). The molecule has 28 heavy (non-hydrogen) atoms. The highest BCUT2D eigenvalue weighted by Crippen LogP contribution is 2.20. The molecule has 0 amide bonds. The first kappa shape index (κ1) is 20.3. The van der Waals surface area contributed by atoms with E-state index in [2.05, 4.69) is 4.98 Å². The number of pyridine rings is 1. The van der Waals surface area contributed by atoms with Crippen LogP contribution in [0.25, 0.3) is 10.9 Å². The summed E-state index contributed by atoms with van der Waals surface area (Å²) in [4.78, 5) is 15.7. The average Bonchev–Trinajstić information content (AvgIpc) is 2.66. The molecule has 1 N–H and O–H groups in total. The molecule has 0 unspecified atom stereocenters. The average molecular weight is 399 g/mol. The van der Waals surface area contributed by atoms with Gasteiger partial charge < -0.3 is 4.98 Å². The van der Waals surface area contributed by atoms with Gasteiger partial charge in [-0.15, -0.1) is 0 Å². The maximum Gasteiger partial charge on any atom is 0.252 e. The van der Waals surface area contributed by atoms with Crippen molar-refractivity contribution in [3.8, 4) is 0 Å². The lowest BCUT2D eigenvalue weighted by Gasteiger charge is -2.22. The minimum Gasteiger partial charge on any atom is -0.322 e. The van der Waals surface area contributed by atoms with Crippen molar-refractivity contribution in [1.82, 2.24) is 9.29 Å². The highest BCUT2D eigenvalue weighted by Gasteiger charge is 2.25. The Balaban J connectivity index is 2.01. The van der Waals surface area contributed by atoms with Gasteiger partial charge in [-0.1, -0.05) is 42.7 Å². The van der Waals surface area contributed by atoms with Crippen molar-refractivity contribution in [2.45, 2.75) is 45.1 Å². The van der Waals surface area contributed by atoms with Crippen molar-refractivity contribution in [2.24, 2.45) is 0 Å². The van der Waals surface area contributed by atoms with E-state index in [1.165, 1.54) is 4.31 Å². The van der Waals surface area contributed by atoms with E-state index in [9.17, 15) is 13.2 Å². The van der Waals surface area contributed by atoms with Crippen LogP contribution in [0.2, 0.25) is 0 Å². The molecule has 0 fully saturated rings. The van der Waals surface area contributed by atoms with Crippen LogP contribution in [-0.4, -0.2) is 24.3 Å². The minimum absolute atomic E-state index is 0.0510. The Bertz CT molecular complexity index is 1130. The van der Waals surface area contributed by atoms with Gasteiger partial charge in [0.2, 0.25) is 10.0 Å². The summed E-state index contributed by atoms with van der Waals surface area (Å²) in [7, 11) is -3.69. The van der Waals surface area contributed by atoms with Gasteiger partial charge in [-0.05, 0) is 56.0 Å². The zero-order valence-corrected chi connectivity index (χ0v) is 17.3. The van der Waals surface area contributed by atoms with Crippen molar-refractivity contribution >= 4 is 20.9 Å². The molecule has 0 saturated heterocycles. The summed E-state index contributed by atoms with van der Waals surface area (Å²) < 4.78 is 27.8. The van der Waals surface area contributed by atoms with Gasteiger partial charge in [-0.3, -0.25) is 4.79 Å². The van der Waals surface area contributed by atoms with Gasteiger partial charge in [-0.25, -0.2) is 8.42 Å². The van der Waals surface area contributed by atoms with Crippen molar-refractivity contribution in [3.05, 3.63) is 75.6 Å². The second-order valence-corrected chi connectivity index (χ2v) is 9.16. The van der Waals surface area contributed by atoms with E-state index in [1.807, 2.05) is 39.0 Å². The number of rotatable bonds is 7. The predicted molar refractivity (Wildman–Crippen MR) is 113 cm³/mol. The number of benzene rings is 2. The van der Waals surface area contributed by atoms with Crippen LogP contribution in [-0.2, 0) is 16.6 Å². The van der Waals surface area contributed by atoms with E-state index in [0.29, 0.717) is 12.1 Å². The molecular formula is C22H26N2O3S. The first-order chi connectivity index (χ1) is 13.3. The van der Waals surface area contributed by atoms with Crippen molar-refractivity contribution in [1.29, 1.82) is 0 Å². The Hall–Kier alpha value is -2.44. The summed E-state index contributed by atoms with van der Waals surface area (Å²) in [5.41, 5.74) is 3.03. The molecule has 2 aromatic carbocycles. The Labute approximate surface area is 166 Å². The molecule has 3 aromatic rings. The molecule has 1 aromatic heterocycles. The quantitative estimate of drug-likeness (QED) is 0.650. The number of aromatic amines is 1. The molecular weight excluding hydrogens is 372 g/mol. The molecule has 0 radical (unpaired) electrons. The number of hydrogen-bond donors (Lipinski definition) is 1. The third-order valence-electron chi connectivity index (χ3n) is 4.84. The lowest BCUT2D eigenvalue weighted by atomic mass is 10.1. The van der Waals surface area contributed by atoms with Gasteiger partial charge in [0.15, 0.2) is 0 Å². The molecule has 6 heteroatoms. The number of H-pyrrole nitrogens is 1. The Kier molecular flexibility index (Phi) is 6.01. The first-order valence-corrected chi connectivity index (χ1v) is 10.9. The van der Waals surface area contributed by atoms with E-state index < -0.39 is 10.0 Å². The zero-order chi connectivity index (χ0) is 20.3. The first-order valence-electron chi connectivity index (χ1n) is 9.50. The second-order valence-electron chi connectivity index (χ2n) is 7.22. The van der Waals surface area contributed by atoms with Crippen LogP contribution in [0.5, 0.6) is 0 Å². The summed E-state index contributed by atoms with van der Waals surface area (Å²) in [6.07, 6.45) is 1.60. The number of nitrogens with zero attached hydrogens (tertiary/aromatic N) is 1. The van der Waals surface area contributed by atoms with E-state index in [0.717, 1.165) is 34.9 Å². The fraction of sp³-hybridized carbons (Fsp3) is 0.318. The predicted octanol–water partition coefficient (Wildman–Crippen LogP) is 4.14. The summed E-state index contributed by atoms with van der Waals surface area (Å²) in [6.45, 7) is 6.34. The smallest absolute Gasteiger partial charge is 0.252 e. The largest absolute Gasteiger partial charge is 0.322 e. The van der Waals surface area contributed by atoms with Crippen LogP contribution in [0.4, 0.5) is 0 Å². The summed E-state index contributed by atoms with van der Waals surface area (Å²) in [5.74, 6) is 0. The maximum absolute atomic E-state index is 13.2. The monoisotopic (exact) mass is 398 g/mol. The van der Waals surface area contributed by atoms with Crippen LogP contribution in [0.3, 0.4) is 0 Å². The van der Waals surface area contributed by atoms with Crippen molar-refractivity contribution < 1.29 is 8.42 Å². The summed E-state index contributed by atoms with van der Waals surface area (Å²) in [5, 5.41) is 0.901. The molecule has 5 nitrogen and oxygen atoms in total. The summed E-state index contributed by atoms with van der Waals surface area (Å²) in [6, 6.07) is 14.4. The van der Waals surface area contributed by atoms with Gasteiger partial charge in [0.25, 0.3) is 5.56 Å². The number of fused-ring (bicyclic) bond motifs is 1. The van der Waals surface area contributed by atoms with Gasteiger partial charge in [-0.2, -0.15) is 4.31 Å². The SMILES string of the molecule is CCCCN(Cc1cc2cc(C)ccc2[nH]c1=O)S(=O)(=O)c1ccc(C)cc1. The molecule has 3 rings (SSSR count). The summed E-state index contributed by atoms with van der Waals surface area (Å²) >= 11 is 0. The van der Waals surface area contributed by atoms with Gasteiger partial charge >= 0.3 is 0 Å². The van der Waals surface area contributed by atoms with E-state index in [4.69, 9.17) is 0 Å². The van der Waals surface area contributed by atoms with Gasteiger partial charge in [0, 0.05) is 24.2 Å². The maximum atomic E-state index is 13.2. The Morgan fingerprint density at radius 2 is 1.64 bits per heavy atom. The number of sulfonamides is 1. The molecule has 1 heterocycles. The van der Waals surface area contributed by atoms with Crippen LogP contribution < -0.4 is 5.56 Å². The Morgan fingerprint density at radius 1 is 0.964 bits per heavy atom. The lowest BCUT2D eigenvalue weighted by Crippen LogP contribution is -2.33. The van der Waals surface area contributed by atoms with E-state index in [1.54, 1.807) is 30.3 Å². The number of aryl methyl sites for hydroxylation is 2. The number of aromatic nitrogens is 1. The van der Waals surface area contributed by atoms with Crippen LogP contribution in [0.1, 0.15) is 36.5 Å². The molecule has 0 spiro atoms. The third kappa shape index (κ3) is 4.34. The molecule has 0 atom stereocenters. The second kappa shape index (κ2) is 8.29. The van der Waals surface area contributed by atoms with Crippen LogP contribution in [0, 0.1) is 13.8 Å². The van der Waals surface area contributed by atoms with E-state index in [-0.39, 0.29) is 17.0 Å². The van der Waals surface area contributed by atoms with Gasteiger partial charge in [0.05, 0.1) is 4.90 Å². The molecule has 148 valence electrons. The lowest BCUT2D eigenvalue weighted by molar-refractivity contribution is 0.397. The van der Waals surface area contributed by atoms with Crippen molar-refractivity contribution in [2.75, 3.05) is 6.54 Å². The normalized spacial score (nSPS) is 12.0. The van der Waals surface area contributed by atoms with Gasteiger partial charge in [0.1, 0.15) is 0 Å². The molecule has 0 aliphatic heterocycles. The Morgan fingerprint density at radius 3 is 2.32 bits per heavy atom. The molecule has 0 aliphatic carbocycles. The minimum atomic E-state index is -3.69. The number of hydrogen-bond acceptors (Lipinski definition) is 3. The highest BCUT2D eigenvalue weighted by molar-refractivity contribution is 7.89. The molecule has 0 bridgehead atoms. The molecule has 0 saturated carbocycles. The highest BCUT2D eigenvalue weighted by atomic mass is 32.2. The number of nitrogens with one attached hydrogen (secondary N) is 1. The fourth-order valence-corrected chi connectivity index (χ4v) is 4.61. The number of unbranched alkanes of at least 4 members (excludes halogenated alkanes) is 1. The topological polar surface area (TPSA) is 70.2 Å². The zero-order valence-electron chi connectivity index (χ0n) is 16.5. The van der Waals surface area contributed by atoms with Crippen molar-refractivity contribution in [3.63, 3.8) is 0 Å². The molecule has 0 aliphatic rings. The fourth-order valence-electron chi connectivity index (χ4n) is 3.16. The van der Waals surface area contributed by atoms with Crippen LogP contribution >= 0.6 is 0 Å². The van der Waals surface area contributed by atoms with E-state index >= 15 is 0 Å².